The smallest absolute Gasteiger partial charge is 0 e. The first-order valence-electron chi connectivity index (χ1n) is 5.20. The molecule has 0 aromatic rings. The molecule has 13 heavy (non-hydrogen) atoms. The van der Waals surface area contributed by atoms with E-state index in [2.05, 4.69) is 34.1 Å². The average molecular weight is 253 g/mol. The first kappa shape index (κ1) is 12.2. The van der Waals surface area contributed by atoms with E-state index in [1.807, 2.05) is 0 Å². The largest absolute Gasteiger partial charge is 0.342 e. The molecule has 73 valence electrons. The Kier molecular flexibility index (Phi) is 3.37. The minimum atomic E-state index is 0. The SMILES string of the molecule is [CH2-]C1CCC12[CH-]CC2(C)C(C)C.[Y]. The predicted octanol–water partition coefficient (Wildman–Crippen LogP) is 3.48. The van der Waals surface area contributed by atoms with Crippen molar-refractivity contribution >= 4 is 0 Å². The van der Waals surface area contributed by atoms with Gasteiger partial charge >= 0.3 is 0 Å². The summed E-state index contributed by atoms with van der Waals surface area (Å²) < 4.78 is 0. The summed E-state index contributed by atoms with van der Waals surface area (Å²) >= 11 is 0. The van der Waals surface area contributed by atoms with E-state index in [0.29, 0.717) is 16.7 Å². The van der Waals surface area contributed by atoms with Crippen LogP contribution in [0.1, 0.15) is 40.0 Å². The second-order valence-electron chi connectivity index (χ2n) is 5.26. The molecule has 1 heteroatoms. The molecule has 3 unspecified atom stereocenters. The molecule has 0 N–H and O–H groups in total. The summed E-state index contributed by atoms with van der Waals surface area (Å²) in [7, 11) is 0. The zero-order valence-corrected chi connectivity index (χ0v) is 12.0. The van der Waals surface area contributed by atoms with Gasteiger partial charge in [0.1, 0.15) is 0 Å². The fourth-order valence-corrected chi connectivity index (χ4v) is 3.14. The van der Waals surface area contributed by atoms with Gasteiger partial charge in [0.25, 0.3) is 0 Å². The van der Waals surface area contributed by atoms with Gasteiger partial charge in [0.2, 0.25) is 0 Å². The Hall–Kier alpha value is 1.10. The standard InChI is InChI=1S/C12H20.Y/c1-9(2)11(4)7-8-12(11)6-5-10(12)3;/h8-10H,3,5-7H2,1-2,4H3;/q-2;. The molecule has 2 aliphatic rings. The van der Waals surface area contributed by atoms with Crippen molar-refractivity contribution in [1.82, 2.24) is 0 Å². The summed E-state index contributed by atoms with van der Waals surface area (Å²) in [6.07, 6.45) is 6.60. The van der Waals surface area contributed by atoms with Crippen molar-refractivity contribution < 1.29 is 32.7 Å². The number of rotatable bonds is 1. The summed E-state index contributed by atoms with van der Waals surface area (Å²) in [5, 5.41) is 0. The van der Waals surface area contributed by atoms with Crippen LogP contribution < -0.4 is 0 Å². The Morgan fingerprint density at radius 1 is 1.46 bits per heavy atom. The van der Waals surface area contributed by atoms with Crippen LogP contribution in [0.4, 0.5) is 0 Å². The first-order chi connectivity index (χ1) is 5.53. The molecule has 0 nitrogen and oxygen atoms in total. The van der Waals surface area contributed by atoms with Crippen LogP contribution >= 0.6 is 0 Å². The maximum Gasteiger partial charge on any atom is 0 e. The minimum Gasteiger partial charge on any atom is -0.342 e. The van der Waals surface area contributed by atoms with Gasteiger partial charge in [-0.15, -0.1) is 0 Å². The Bertz CT molecular complexity index is 183. The maximum atomic E-state index is 4.27. The van der Waals surface area contributed by atoms with E-state index in [9.17, 15) is 0 Å². The van der Waals surface area contributed by atoms with Crippen LogP contribution in [0, 0.1) is 36.0 Å². The third-order valence-electron chi connectivity index (χ3n) is 4.86. The van der Waals surface area contributed by atoms with Crippen molar-refractivity contribution in [3.8, 4) is 0 Å². The van der Waals surface area contributed by atoms with Crippen molar-refractivity contribution in [1.29, 1.82) is 0 Å². The van der Waals surface area contributed by atoms with Gasteiger partial charge in [-0.3, -0.25) is 0 Å². The van der Waals surface area contributed by atoms with Crippen LogP contribution in [0.3, 0.4) is 0 Å². The third-order valence-corrected chi connectivity index (χ3v) is 4.86. The molecule has 1 radical (unpaired) electrons. The fraction of sp³-hybridized carbons (Fsp3) is 0.833. The van der Waals surface area contributed by atoms with Crippen molar-refractivity contribution in [3.63, 3.8) is 0 Å². The summed E-state index contributed by atoms with van der Waals surface area (Å²) in [4.78, 5) is 0. The fourth-order valence-electron chi connectivity index (χ4n) is 3.14. The molecule has 0 saturated heterocycles. The van der Waals surface area contributed by atoms with Gasteiger partial charge in [-0.2, -0.15) is 17.8 Å². The molecule has 1 spiro atoms. The van der Waals surface area contributed by atoms with Crippen LogP contribution in [0.2, 0.25) is 0 Å². The predicted molar refractivity (Wildman–Crippen MR) is 52.4 cm³/mol. The van der Waals surface area contributed by atoms with Gasteiger partial charge < -0.3 is 13.3 Å². The number of hydrogen-bond donors (Lipinski definition) is 0. The van der Waals surface area contributed by atoms with Crippen molar-refractivity contribution in [2.75, 3.05) is 0 Å². The van der Waals surface area contributed by atoms with E-state index < -0.39 is 0 Å². The average Bonchev–Trinajstić information content (AvgIpc) is 1.98. The second kappa shape index (κ2) is 3.60. The Morgan fingerprint density at radius 2 is 2.08 bits per heavy atom. The molecule has 0 bridgehead atoms. The van der Waals surface area contributed by atoms with E-state index in [1.54, 1.807) is 0 Å². The monoisotopic (exact) mass is 253 g/mol. The molecule has 2 saturated carbocycles. The van der Waals surface area contributed by atoms with Gasteiger partial charge in [-0.05, 0) is 5.92 Å². The summed E-state index contributed by atoms with van der Waals surface area (Å²) in [6.45, 7) is 11.4. The van der Waals surface area contributed by atoms with E-state index >= 15 is 0 Å². The third kappa shape index (κ3) is 1.31. The number of hydrogen-bond acceptors (Lipinski definition) is 0. The normalized spacial score (nSPS) is 48.2. The molecular formula is C12H20Y-2. The van der Waals surface area contributed by atoms with Crippen molar-refractivity contribution in [3.05, 3.63) is 13.3 Å². The van der Waals surface area contributed by atoms with Gasteiger partial charge in [-0.1, -0.05) is 39.0 Å². The molecule has 0 amide bonds. The van der Waals surface area contributed by atoms with Crippen LogP contribution in [0.15, 0.2) is 0 Å². The molecule has 0 aromatic heterocycles. The van der Waals surface area contributed by atoms with Gasteiger partial charge in [0, 0.05) is 32.7 Å². The topological polar surface area (TPSA) is 0 Å². The zero-order chi connectivity index (χ0) is 8.98. The summed E-state index contributed by atoms with van der Waals surface area (Å²) in [6, 6.07) is 0. The van der Waals surface area contributed by atoms with Crippen molar-refractivity contribution in [2.45, 2.75) is 40.0 Å². The molecule has 2 rings (SSSR count). The van der Waals surface area contributed by atoms with Gasteiger partial charge in [-0.25, -0.2) is 0 Å². The van der Waals surface area contributed by atoms with Crippen LogP contribution in [0.5, 0.6) is 0 Å². The minimum absolute atomic E-state index is 0. The summed E-state index contributed by atoms with van der Waals surface area (Å²) in [5.74, 6) is 1.52. The van der Waals surface area contributed by atoms with Crippen LogP contribution in [0.25, 0.3) is 0 Å². The van der Waals surface area contributed by atoms with Crippen LogP contribution in [-0.2, 0) is 32.7 Å². The van der Waals surface area contributed by atoms with E-state index in [4.69, 9.17) is 0 Å². The Labute approximate surface area is 108 Å². The molecule has 2 fully saturated rings. The van der Waals surface area contributed by atoms with Crippen LogP contribution in [-0.4, -0.2) is 0 Å². The van der Waals surface area contributed by atoms with Gasteiger partial charge in [0.15, 0.2) is 0 Å². The Morgan fingerprint density at radius 3 is 2.15 bits per heavy atom. The molecular weight excluding hydrogens is 233 g/mol. The zero-order valence-electron chi connectivity index (χ0n) is 9.14. The summed E-state index contributed by atoms with van der Waals surface area (Å²) in [5.41, 5.74) is 1.11. The molecule has 0 aliphatic heterocycles. The van der Waals surface area contributed by atoms with Gasteiger partial charge in [0.05, 0.1) is 0 Å². The maximum absolute atomic E-state index is 4.27. The van der Waals surface area contributed by atoms with E-state index in [0.717, 1.165) is 5.92 Å². The van der Waals surface area contributed by atoms with E-state index in [-0.39, 0.29) is 32.7 Å². The molecule has 2 aliphatic carbocycles. The van der Waals surface area contributed by atoms with Crippen molar-refractivity contribution in [2.24, 2.45) is 22.7 Å². The quantitative estimate of drug-likeness (QED) is 0.627. The molecule has 3 atom stereocenters. The first-order valence-corrected chi connectivity index (χ1v) is 5.20. The second-order valence-corrected chi connectivity index (χ2v) is 5.26. The Balaban J connectivity index is 0.000000845. The van der Waals surface area contributed by atoms with E-state index in [1.165, 1.54) is 19.3 Å². The molecule has 0 heterocycles. The molecule has 0 aromatic carbocycles.